The number of aromatic nitrogens is 2. The molecule has 1 fully saturated rings. The molecule has 1 aliphatic heterocycles. The predicted molar refractivity (Wildman–Crippen MR) is 105 cm³/mol. The molecule has 0 bridgehead atoms. The number of hydrogen-bond acceptors (Lipinski definition) is 4. The molecule has 7 heteroatoms. The van der Waals surface area contributed by atoms with Gasteiger partial charge >= 0.3 is 0 Å². The fourth-order valence-electron chi connectivity index (χ4n) is 3.60. The number of halogens is 1. The van der Waals surface area contributed by atoms with Crippen molar-refractivity contribution in [1.82, 2.24) is 9.97 Å². The Morgan fingerprint density at radius 1 is 1.27 bits per heavy atom. The average Bonchev–Trinajstić information content (AvgIpc) is 2.99. The summed E-state index contributed by atoms with van der Waals surface area (Å²) >= 11 is 7.42. The highest BCUT2D eigenvalue weighted by Gasteiger charge is 2.26. The molecule has 4 rings (SSSR count). The van der Waals surface area contributed by atoms with E-state index in [1.165, 1.54) is 16.2 Å². The number of nitrogens with one attached hydrogen (secondary N) is 2. The number of H-pyrrole nitrogens is 1. The van der Waals surface area contributed by atoms with E-state index < -0.39 is 0 Å². The third-order valence-corrected chi connectivity index (χ3v) is 6.02. The zero-order valence-corrected chi connectivity index (χ0v) is 16.3. The standard InChI is InChI=1S/C19H20ClN3O2S/c1-11-8-23(9-12(2)25-11)10-17-21-15-7-16(26-18(15)19(24)22-17)13-3-5-14(20)6-4-13/h3-7,11-12H,8-10H2,1-2H3,(H,21,22,24)/p+1/t11-,12-/m1/s1. The maximum Gasteiger partial charge on any atom is 0.269 e. The molecule has 0 radical (unpaired) electrons. The topological polar surface area (TPSA) is 59.4 Å². The first-order valence-electron chi connectivity index (χ1n) is 8.75. The van der Waals surface area contributed by atoms with Crippen LogP contribution in [-0.4, -0.2) is 35.3 Å². The second kappa shape index (κ2) is 7.12. The van der Waals surface area contributed by atoms with Crippen LogP contribution in [0.3, 0.4) is 0 Å². The monoisotopic (exact) mass is 390 g/mol. The van der Waals surface area contributed by atoms with Crippen molar-refractivity contribution < 1.29 is 9.64 Å². The summed E-state index contributed by atoms with van der Waals surface area (Å²) in [6.45, 7) is 6.73. The number of nitrogens with zero attached hydrogens (tertiary/aromatic N) is 1. The summed E-state index contributed by atoms with van der Waals surface area (Å²) in [7, 11) is 0. The van der Waals surface area contributed by atoms with Gasteiger partial charge in [-0.3, -0.25) is 4.79 Å². The van der Waals surface area contributed by atoms with Crippen LogP contribution in [0.4, 0.5) is 0 Å². The summed E-state index contributed by atoms with van der Waals surface area (Å²) in [5, 5.41) is 0.699. The molecule has 0 unspecified atom stereocenters. The highest BCUT2D eigenvalue weighted by molar-refractivity contribution is 7.22. The van der Waals surface area contributed by atoms with Crippen LogP contribution in [0, 0.1) is 0 Å². The number of quaternary nitrogens is 1. The van der Waals surface area contributed by atoms with Crippen LogP contribution in [-0.2, 0) is 11.3 Å². The molecule has 2 atom stereocenters. The number of hydrogen-bond donors (Lipinski definition) is 2. The average molecular weight is 391 g/mol. The summed E-state index contributed by atoms with van der Waals surface area (Å²) in [5.41, 5.74) is 1.73. The predicted octanol–water partition coefficient (Wildman–Crippen LogP) is 2.50. The second-order valence-electron chi connectivity index (χ2n) is 6.94. The van der Waals surface area contributed by atoms with E-state index in [-0.39, 0.29) is 17.8 Å². The smallest absolute Gasteiger partial charge is 0.269 e. The van der Waals surface area contributed by atoms with Gasteiger partial charge in [0.2, 0.25) is 0 Å². The van der Waals surface area contributed by atoms with Gasteiger partial charge in [0.1, 0.15) is 36.5 Å². The minimum absolute atomic E-state index is 0.0658. The number of fused-ring (bicyclic) bond motifs is 1. The van der Waals surface area contributed by atoms with Crippen molar-refractivity contribution in [3.05, 3.63) is 51.5 Å². The van der Waals surface area contributed by atoms with E-state index in [9.17, 15) is 4.79 Å². The van der Waals surface area contributed by atoms with Gasteiger partial charge in [-0.25, -0.2) is 4.98 Å². The van der Waals surface area contributed by atoms with Crippen molar-refractivity contribution in [3.8, 4) is 10.4 Å². The van der Waals surface area contributed by atoms with E-state index in [2.05, 4.69) is 18.8 Å². The van der Waals surface area contributed by atoms with Gasteiger partial charge in [-0.2, -0.15) is 0 Å². The molecule has 2 N–H and O–H groups in total. The van der Waals surface area contributed by atoms with Gasteiger partial charge in [-0.1, -0.05) is 23.7 Å². The van der Waals surface area contributed by atoms with Gasteiger partial charge in [0.25, 0.3) is 5.56 Å². The van der Waals surface area contributed by atoms with E-state index in [1.54, 1.807) is 0 Å². The Labute approximate surface area is 160 Å². The van der Waals surface area contributed by atoms with Crippen LogP contribution >= 0.6 is 22.9 Å². The Morgan fingerprint density at radius 2 is 1.96 bits per heavy atom. The Hall–Kier alpha value is -1.73. The zero-order valence-electron chi connectivity index (χ0n) is 14.7. The molecule has 1 saturated heterocycles. The lowest BCUT2D eigenvalue weighted by Gasteiger charge is -2.32. The molecule has 136 valence electrons. The molecule has 1 aromatic carbocycles. The molecule has 0 spiro atoms. The minimum Gasteiger partial charge on any atom is -0.364 e. The second-order valence-corrected chi connectivity index (χ2v) is 8.43. The molecule has 1 aliphatic rings. The maximum absolute atomic E-state index is 12.5. The first kappa shape index (κ1) is 17.7. The lowest BCUT2D eigenvalue weighted by molar-refractivity contribution is -0.928. The van der Waals surface area contributed by atoms with Crippen LogP contribution in [0.5, 0.6) is 0 Å². The summed E-state index contributed by atoms with van der Waals surface area (Å²) < 4.78 is 6.45. The van der Waals surface area contributed by atoms with Gasteiger partial charge < -0.3 is 14.6 Å². The highest BCUT2D eigenvalue weighted by atomic mass is 35.5. The van der Waals surface area contributed by atoms with E-state index >= 15 is 0 Å². The molecule has 0 saturated carbocycles. The fraction of sp³-hybridized carbons (Fsp3) is 0.368. The van der Waals surface area contributed by atoms with Crippen LogP contribution in [0.25, 0.3) is 20.7 Å². The summed E-state index contributed by atoms with van der Waals surface area (Å²) in [6, 6.07) is 9.62. The first-order valence-corrected chi connectivity index (χ1v) is 9.95. The number of aromatic amines is 1. The van der Waals surface area contributed by atoms with Crippen molar-refractivity contribution in [3.63, 3.8) is 0 Å². The third-order valence-electron chi connectivity index (χ3n) is 4.59. The number of benzene rings is 1. The van der Waals surface area contributed by atoms with Gasteiger partial charge in [-0.05, 0) is 37.6 Å². The van der Waals surface area contributed by atoms with Crippen molar-refractivity contribution in [2.45, 2.75) is 32.6 Å². The van der Waals surface area contributed by atoms with Crippen molar-refractivity contribution in [1.29, 1.82) is 0 Å². The van der Waals surface area contributed by atoms with Gasteiger partial charge in [0, 0.05) is 9.90 Å². The largest absolute Gasteiger partial charge is 0.364 e. The molecule has 2 aromatic heterocycles. The van der Waals surface area contributed by atoms with Crippen molar-refractivity contribution in [2.24, 2.45) is 0 Å². The Kier molecular flexibility index (Phi) is 4.84. The molecule has 0 amide bonds. The van der Waals surface area contributed by atoms with Gasteiger partial charge in [-0.15, -0.1) is 11.3 Å². The lowest BCUT2D eigenvalue weighted by atomic mass is 10.2. The van der Waals surface area contributed by atoms with Crippen molar-refractivity contribution in [2.75, 3.05) is 13.1 Å². The number of ether oxygens (including phenoxy) is 1. The Morgan fingerprint density at radius 3 is 2.65 bits per heavy atom. The van der Waals surface area contributed by atoms with Crippen LogP contribution in [0.15, 0.2) is 35.1 Å². The van der Waals surface area contributed by atoms with Gasteiger partial charge in [0.05, 0.1) is 5.52 Å². The Bertz CT molecular complexity index is 973. The van der Waals surface area contributed by atoms with Crippen LogP contribution < -0.4 is 10.5 Å². The summed E-state index contributed by atoms with van der Waals surface area (Å²) in [4.78, 5) is 22.6. The van der Waals surface area contributed by atoms with Gasteiger partial charge in [0.15, 0.2) is 5.82 Å². The Balaban J connectivity index is 1.64. The fourth-order valence-corrected chi connectivity index (χ4v) is 4.72. The van der Waals surface area contributed by atoms with E-state index in [0.29, 0.717) is 16.3 Å². The van der Waals surface area contributed by atoms with E-state index in [4.69, 9.17) is 21.3 Å². The molecular weight excluding hydrogens is 370 g/mol. The van der Waals surface area contributed by atoms with Crippen molar-refractivity contribution >= 4 is 33.2 Å². The quantitative estimate of drug-likeness (QED) is 0.722. The number of thiophene rings is 1. The first-order chi connectivity index (χ1) is 12.5. The van der Waals surface area contributed by atoms with E-state index in [0.717, 1.165) is 34.9 Å². The number of rotatable bonds is 3. The van der Waals surface area contributed by atoms with Crippen LogP contribution in [0.2, 0.25) is 5.02 Å². The lowest BCUT2D eigenvalue weighted by Crippen LogP contribution is -3.14. The molecular formula is C19H21ClN3O2S+. The molecule has 3 aromatic rings. The molecule has 5 nitrogen and oxygen atoms in total. The summed E-state index contributed by atoms with van der Waals surface area (Å²) in [5.74, 6) is 0.735. The summed E-state index contributed by atoms with van der Waals surface area (Å²) in [6.07, 6.45) is 0.448. The number of morpholine rings is 1. The zero-order chi connectivity index (χ0) is 18.3. The molecule has 26 heavy (non-hydrogen) atoms. The van der Waals surface area contributed by atoms with Crippen LogP contribution in [0.1, 0.15) is 19.7 Å². The SMILES string of the molecule is C[C@@H]1C[NH+](Cc2nc3cc(-c4ccc(Cl)cc4)sc3c(=O)[nH]2)C[C@@H](C)O1. The normalized spacial score (nSPS) is 23.4. The highest BCUT2D eigenvalue weighted by Crippen LogP contribution is 2.31. The minimum atomic E-state index is -0.0658. The third kappa shape index (κ3) is 3.69. The molecule has 3 heterocycles. The van der Waals surface area contributed by atoms with E-state index in [1.807, 2.05) is 30.3 Å². The molecule has 0 aliphatic carbocycles. The maximum atomic E-state index is 12.5.